The summed E-state index contributed by atoms with van der Waals surface area (Å²) in [5, 5.41) is 0. The first-order chi connectivity index (χ1) is 3.27. The molecule has 0 aliphatic carbocycles. The highest BCUT2D eigenvalue weighted by atomic mass is 127. The van der Waals surface area contributed by atoms with Gasteiger partial charge in [0.15, 0.2) is 0 Å². The number of hydrogen-bond donors (Lipinski definition) is 0. The molecule has 0 spiro atoms. The largest absolute Gasteiger partial charge is 0.299 e. The van der Waals surface area contributed by atoms with Gasteiger partial charge in [-0.2, -0.15) is 0 Å². The maximum atomic E-state index is 9.80. The smallest absolute Gasteiger partial charge is 0.139 e. The first-order valence-electron chi connectivity index (χ1n) is 1.70. The zero-order valence-corrected chi connectivity index (χ0v) is 8.69. The summed E-state index contributed by atoms with van der Waals surface area (Å²) in [7, 11) is 0. The third kappa shape index (κ3) is 19.2. The van der Waals surface area contributed by atoms with Crippen LogP contribution in [0, 0.1) is 0 Å². The average molecular weight is 326 g/mol. The predicted octanol–water partition coefficient (Wildman–Crippen LogP) is 2.06. The molecule has 0 aromatic heterocycles. The van der Waals surface area contributed by atoms with Crippen molar-refractivity contribution in [2.24, 2.45) is 0 Å². The summed E-state index contributed by atoms with van der Waals surface area (Å²) >= 11 is 4.18. The minimum atomic E-state index is 0.241. The van der Waals surface area contributed by atoms with Crippen LogP contribution in [0.5, 0.6) is 0 Å². The first-order valence-corrected chi connectivity index (χ1v) is 5.39. The zero-order chi connectivity index (χ0) is 6.28. The molecule has 0 atom stereocenters. The Labute approximate surface area is 71.5 Å². The SMILES string of the molecule is CC(=O)CI.CI. The first kappa shape index (κ1) is 11.0. The van der Waals surface area contributed by atoms with Crippen LogP contribution >= 0.6 is 45.2 Å². The van der Waals surface area contributed by atoms with E-state index in [1.165, 1.54) is 0 Å². The molecule has 0 aromatic carbocycles. The Morgan fingerprint density at radius 1 is 1.57 bits per heavy atom. The fourth-order valence-electron chi connectivity index (χ4n) is 0. The highest BCUT2D eigenvalue weighted by Crippen LogP contribution is 1.77. The summed E-state index contributed by atoms with van der Waals surface area (Å²) < 4.78 is 0.637. The summed E-state index contributed by atoms with van der Waals surface area (Å²) in [5.74, 6) is 0.241. The number of hydrogen-bond acceptors (Lipinski definition) is 1. The van der Waals surface area contributed by atoms with E-state index in [9.17, 15) is 4.79 Å². The Morgan fingerprint density at radius 3 is 1.71 bits per heavy atom. The monoisotopic (exact) mass is 326 g/mol. The average Bonchev–Trinajstić information content (AvgIpc) is 1.73. The molecular weight excluding hydrogens is 318 g/mol. The van der Waals surface area contributed by atoms with Gasteiger partial charge < -0.3 is 0 Å². The number of halogens is 2. The molecule has 0 rings (SSSR count). The fraction of sp³-hybridized carbons (Fsp3) is 0.750. The second-order valence-electron chi connectivity index (χ2n) is 0.836. The number of ketones is 1. The van der Waals surface area contributed by atoms with E-state index in [1.54, 1.807) is 6.92 Å². The van der Waals surface area contributed by atoms with Crippen LogP contribution in [0.2, 0.25) is 0 Å². The van der Waals surface area contributed by atoms with E-state index in [0.717, 1.165) is 0 Å². The Bertz CT molecular complexity index is 45.0. The molecule has 0 bridgehead atoms. The van der Waals surface area contributed by atoms with Crippen molar-refractivity contribution in [3.05, 3.63) is 0 Å². The summed E-state index contributed by atoms with van der Waals surface area (Å²) in [6, 6.07) is 0. The number of alkyl halides is 2. The number of carbonyl (C=O) groups excluding carboxylic acids is 1. The topological polar surface area (TPSA) is 17.1 Å². The van der Waals surface area contributed by atoms with Crippen molar-refractivity contribution in [3.63, 3.8) is 0 Å². The minimum Gasteiger partial charge on any atom is -0.299 e. The van der Waals surface area contributed by atoms with Crippen molar-refractivity contribution < 1.29 is 4.79 Å². The highest BCUT2D eigenvalue weighted by Gasteiger charge is 1.78. The van der Waals surface area contributed by atoms with E-state index >= 15 is 0 Å². The van der Waals surface area contributed by atoms with Gasteiger partial charge in [-0.15, -0.1) is 0 Å². The lowest BCUT2D eigenvalue weighted by molar-refractivity contribution is -0.114. The fourth-order valence-corrected chi connectivity index (χ4v) is 0. The van der Waals surface area contributed by atoms with E-state index in [0.29, 0.717) is 4.43 Å². The normalized spacial score (nSPS) is 6.29. The van der Waals surface area contributed by atoms with Crippen LogP contribution in [-0.4, -0.2) is 15.1 Å². The molecule has 0 heterocycles. The van der Waals surface area contributed by atoms with Gasteiger partial charge in [-0.1, -0.05) is 45.2 Å². The van der Waals surface area contributed by atoms with Gasteiger partial charge in [0.2, 0.25) is 0 Å². The van der Waals surface area contributed by atoms with Crippen molar-refractivity contribution in [2.45, 2.75) is 6.92 Å². The Kier molecular flexibility index (Phi) is 16.0. The molecule has 0 fully saturated rings. The van der Waals surface area contributed by atoms with E-state index in [1.807, 2.05) is 27.5 Å². The van der Waals surface area contributed by atoms with Crippen molar-refractivity contribution >= 4 is 51.0 Å². The molecule has 0 aromatic rings. The molecule has 0 amide bonds. The lowest BCUT2D eigenvalue weighted by Crippen LogP contribution is -1.85. The highest BCUT2D eigenvalue weighted by molar-refractivity contribution is 14.1. The molecular formula is C4H8I2O. The number of carbonyl (C=O) groups is 1. The van der Waals surface area contributed by atoms with E-state index in [2.05, 4.69) is 22.6 Å². The van der Waals surface area contributed by atoms with Crippen molar-refractivity contribution in [2.75, 3.05) is 9.36 Å². The van der Waals surface area contributed by atoms with E-state index < -0.39 is 0 Å². The molecule has 3 heteroatoms. The lowest BCUT2D eigenvalue weighted by atomic mass is 10.5. The molecule has 0 N–H and O–H groups in total. The molecule has 7 heavy (non-hydrogen) atoms. The van der Waals surface area contributed by atoms with Crippen LogP contribution in [0.15, 0.2) is 0 Å². The van der Waals surface area contributed by atoms with Gasteiger partial charge in [-0.3, -0.25) is 4.79 Å². The van der Waals surface area contributed by atoms with Crippen molar-refractivity contribution in [3.8, 4) is 0 Å². The Hall–Kier alpha value is 1.13. The third-order valence-corrected chi connectivity index (χ3v) is 1.26. The molecule has 0 saturated heterocycles. The number of rotatable bonds is 1. The minimum absolute atomic E-state index is 0.241. The van der Waals surface area contributed by atoms with Gasteiger partial charge in [0.25, 0.3) is 0 Å². The molecule has 0 aliphatic heterocycles. The Morgan fingerprint density at radius 2 is 1.71 bits per heavy atom. The van der Waals surface area contributed by atoms with Crippen LogP contribution in [0.1, 0.15) is 6.92 Å². The second-order valence-corrected chi connectivity index (χ2v) is 1.60. The van der Waals surface area contributed by atoms with E-state index in [4.69, 9.17) is 0 Å². The lowest BCUT2D eigenvalue weighted by Gasteiger charge is -1.69. The molecule has 44 valence electrons. The molecule has 0 radical (unpaired) electrons. The standard InChI is InChI=1S/C3H5IO.CH3I/c1-3(5)2-4;1-2/h2H2,1H3;1H3. The quantitative estimate of drug-likeness (QED) is 0.533. The summed E-state index contributed by atoms with van der Waals surface area (Å²) in [4.78, 5) is 11.8. The zero-order valence-electron chi connectivity index (χ0n) is 4.37. The van der Waals surface area contributed by atoms with Crippen LogP contribution in [0.25, 0.3) is 0 Å². The molecule has 1 nitrogen and oxygen atoms in total. The van der Waals surface area contributed by atoms with Crippen molar-refractivity contribution in [1.82, 2.24) is 0 Å². The van der Waals surface area contributed by atoms with Gasteiger partial charge in [0.1, 0.15) is 5.78 Å². The van der Waals surface area contributed by atoms with Gasteiger partial charge in [-0.05, 0) is 11.9 Å². The van der Waals surface area contributed by atoms with Crippen molar-refractivity contribution in [1.29, 1.82) is 0 Å². The third-order valence-electron chi connectivity index (χ3n) is 0.188. The summed E-state index contributed by atoms with van der Waals surface area (Å²) in [5.41, 5.74) is 0. The van der Waals surface area contributed by atoms with Gasteiger partial charge >= 0.3 is 0 Å². The van der Waals surface area contributed by atoms with Crippen LogP contribution in [0.3, 0.4) is 0 Å². The summed E-state index contributed by atoms with van der Waals surface area (Å²) in [6.07, 6.45) is 0. The number of Topliss-reactive ketones (excluding diaryl/α,β-unsaturated/α-hetero) is 1. The van der Waals surface area contributed by atoms with Crippen LogP contribution in [0.4, 0.5) is 0 Å². The van der Waals surface area contributed by atoms with E-state index in [-0.39, 0.29) is 5.78 Å². The van der Waals surface area contributed by atoms with Gasteiger partial charge in [-0.25, -0.2) is 0 Å². The van der Waals surface area contributed by atoms with Crippen LogP contribution < -0.4 is 0 Å². The molecule has 0 aliphatic rings. The predicted molar refractivity (Wildman–Crippen MR) is 49.5 cm³/mol. The van der Waals surface area contributed by atoms with Gasteiger partial charge in [0.05, 0.1) is 4.43 Å². The maximum Gasteiger partial charge on any atom is 0.139 e. The molecule has 0 saturated carbocycles. The maximum absolute atomic E-state index is 9.80. The van der Waals surface area contributed by atoms with Crippen LogP contribution in [-0.2, 0) is 4.79 Å². The van der Waals surface area contributed by atoms with Gasteiger partial charge in [0, 0.05) is 0 Å². The second kappa shape index (κ2) is 10.2. The summed E-state index contributed by atoms with van der Waals surface area (Å²) in [6.45, 7) is 1.58. The molecule has 0 unspecified atom stereocenters. The Balaban J connectivity index is 0.